The van der Waals surface area contributed by atoms with Crippen molar-refractivity contribution in [3.05, 3.63) is 42.0 Å². The average Bonchev–Trinajstić information content (AvgIpc) is 3.13. The Morgan fingerprint density at radius 2 is 1.96 bits per heavy atom. The van der Waals surface area contributed by atoms with Gasteiger partial charge in [0.2, 0.25) is 11.8 Å². The quantitative estimate of drug-likeness (QED) is 0.856. The summed E-state index contributed by atoms with van der Waals surface area (Å²) in [5, 5.41) is 3.64. The Balaban J connectivity index is 1.46. The fraction of sp³-hybridized carbons (Fsp3) is 0.389. The zero-order valence-electron chi connectivity index (χ0n) is 13.5. The summed E-state index contributed by atoms with van der Waals surface area (Å²) in [6.07, 6.45) is 4.85. The molecule has 6 heteroatoms. The molecule has 1 fully saturated rings. The number of rotatable bonds is 3. The number of piperidine rings is 1. The standard InChI is InChI=1S/C18H21N3O2S/c22-16(7-6-14-4-2-1-3-5-14)21-11-8-15(9-12-21)17(23)20-18-19-10-13-24-18/h1-7,15H,8-13H2,(H,19,20,23)/b7-6+. The molecule has 2 amide bonds. The fourth-order valence-electron chi connectivity index (χ4n) is 2.82. The van der Waals surface area contributed by atoms with Gasteiger partial charge in [0.15, 0.2) is 5.17 Å². The molecule has 0 radical (unpaired) electrons. The maximum atomic E-state index is 12.2. The molecule has 0 aliphatic carbocycles. The number of carbonyl (C=O) groups excluding carboxylic acids is 2. The smallest absolute Gasteiger partial charge is 0.246 e. The minimum absolute atomic E-state index is 0.00781. The highest BCUT2D eigenvalue weighted by Crippen LogP contribution is 2.19. The molecule has 0 bridgehead atoms. The summed E-state index contributed by atoms with van der Waals surface area (Å²) in [4.78, 5) is 30.5. The predicted octanol–water partition coefficient (Wildman–Crippen LogP) is 2.16. The van der Waals surface area contributed by atoms with Crippen LogP contribution in [0.3, 0.4) is 0 Å². The van der Waals surface area contributed by atoms with Gasteiger partial charge in [-0.15, -0.1) is 0 Å². The Morgan fingerprint density at radius 1 is 1.21 bits per heavy atom. The molecule has 0 unspecified atom stereocenters. The lowest BCUT2D eigenvalue weighted by atomic mass is 9.96. The van der Waals surface area contributed by atoms with Gasteiger partial charge in [-0.1, -0.05) is 42.1 Å². The Kier molecular flexibility index (Phi) is 5.69. The van der Waals surface area contributed by atoms with E-state index in [0.717, 1.165) is 23.0 Å². The van der Waals surface area contributed by atoms with Crippen LogP contribution < -0.4 is 5.32 Å². The van der Waals surface area contributed by atoms with E-state index in [0.29, 0.717) is 25.9 Å². The van der Waals surface area contributed by atoms with Crippen molar-refractivity contribution in [1.29, 1.82) is 0 Å². The van der Waals surface area contributed by atoms with Crippen molar-refractivity contribution in [3.8, 4) is 0 Å². The van der Waals surface area contributed by atoms with Crippen molar-refractivity contribution in [2.45, 2.75) is 12.8 Å². The summed E-state index contributed by atoms with van der Waals surface area (Å²) >= 11 is 1.59. The highest BCUT2D eigenvalue weighted by Gasteiger charge is 2.27. The minimum atomic E-state index is -0.0314. The predicted molar refractivity (Wildman–Crippen MR) is 97.7 cm³/mol. The normalized spacial score (nSPS) is 18.7. The highest BCUT2D eigenvalue weighted by atomic mass is 32.2. The summed E-state index contributed by atoms with van der Waals surface area (Å²) in [6, 6.07) is 9.77. The molecule has 0 atom stereocenters. The largest absolute Gasteiger partial charge is 0.339 e. The van der Waals surface area contributed by atoms with Gasteiger partial charge in [-0.3, -0.25) is 14.6 Å². The lowest BCUT2D eigenvalue weighted by Gasteiger charge is -2.30. The first-order valence-corrected chi connectivity index (χ1v) is 9.21. The highest BCUT2D eigenvalue weighted by molar-refractivity contribution is 8.14. The molecule has 1 aromatic rings. The van der Waals surface area contributed by atoms with Crippen molar-refractivity contribution in [3.63, 3.8) is 0 Å². The van der Waals surface area contributed by atoms with Crippen LogP contribution in [-0.4, -0.2) is 47.3 Å². The van der Waals surface area contributed by atoms with E-state index in [-0.39, 0.29) is 17.7 Å². The number of benzene rings is 1. The summed E-state index contributed by atoms with van der Waals surface area (Å²) in [5.41, 5.74) is 1.01. The van der Waals surface area contributed by atoms with Gasteiger partial charge in [0.25, 0.3) is 0 Å². The molecule has 5 nitrogen and oxygen atoms in total. The molecule has 0 saturated carbocycles. The maximum Gasteiger partial charge on any atom is 0.246 e. The first kappa shape index (κ1) is 16.8. The first-order valence-electron chi connectivity index (χ1n) is 8.22. The third-order valence-electron chi connectivity index (χ3n) is 4.21. The summed E-state index contributed by atoms with van der Waals surface area (Å²) in [6.45, 7) is 2.02. The molecular weight excluding hydrogens is 322 g/mol. The number of amidine groups is 1. The van der Waals surface area contributed by atoms with Crippen LogP contribution in [-0.2, 0) is 9.59 Å². The van der Waals surface area contributed by atoms with E-state index in [4.69, 9.17) is 0 Å². The van der Waals surface area contributed by atoms with Gasteiger partial charge in [-0.25, -0.2) is 0 Å². The molecule has 24 heavy (non-hydrogen) atoms. The fourth-order valence-corrected chi connectivity index (χ4v) is 3.55. The minimum Gasteiger partial charge on any atom is -0.339 e. The number of thioether (sulfide) groups is 1. The topological polar surface area (TPSA) is 61.8 Å². The van der Waals surface area contributed by atoms with E-state index >= 15 is 0 Å². The van der Waals surface area contributed by atoms with E-state index in [1.54, 1.807) is 17.8 Å². The molecular formula is C18H21N3O2S. The Bertz CT molecular complexity index is 649. The summed E-state index contributed by atoms with van der Waals surface area (Å²) in [5.74, 6) is 0.954. The van der Waals surface area contributed by atoms with Crippen molar-refractivity contribution in [1.82, 2.24) is 10.2 Å². The van der Waals surface area contributed by atoms with Crippen molar-refractivity contribution < 1.29 is 9.59 Å². The van der Waals surface area contributed by atoms with Gasteiger partial charge in [0, 0.05) is 30.8 Å². The second-order valence-electron chi connectivity index (χ2n) is 5.87. The van der Waals surface area contributed by atoms with Crippen molar-refractivity contribution >= 4 is 34.8 Å². The molecule has 1 saturated heterocycles. The van der Waals surface area contributed by atoms with Gasteiger partial charge in [0.05, 0.1) is 6.54 Å². The van der Waals surface area contributed by atoms with Crippen molar-refractivity contribution in [2.75, 3.05) is 25.4 Å². The number of nitrogens with zero attached hydrogens (tertiary/aromatic N) is 2. The van der Waals surface area contributed by atoms with Crippen LogP contribution in [0.4, 0.5) is 0 Å². The number of aliphatic imine (C=N–C) groups is 1. The van der Waals surface area contributed by atoms with Gasteiger partial charge >= 0.3 is 0 Å². The Hall–Kier alpha value is -2.08. The summed E-state index contributed by atoms with van der Waals surface area (Å²) < 4.78 is 0. The lowest BCUT2D eigenvalue weighted by molar-refractivity contribution is -0.131. The maximum absolute atomic E-state index is 12.2. The van der Waals surface area contributed by atoms with Gasteiger partial charge in [-0.05, 0) is 24.5 Å². The van der Waals surface area contributed by atoms with Crippen LogP contribution in [0.5, 0.6) is 0 Å². The molecule has 2 aliphatic heterocycles. The Morgan fingerprint density at radius 3 is 2.62 bits per heavy atom. The van der Waals surface area contributed by atoms with E-state index in [1.807, 2.05) is 41.3 Å². The zero-order chi connectivity index (χ0) is 16.8. The summed E-state index contributed by atoms with van der Waals surface area (Å²) in [7, 11) is 0. The zero-order valence-corrected chi connectivity index (χ0v) is 14.3. The van der Waals surface area contributed by atoms with Crippen LogP contribution >= 0.6 is 11.8 Å². The van der Waals surface area contributed by atoms with E-state index in [9.17, 15) is 9.59 Å². The average molecular weight is 343 g/mol. The van der Waals surface area contributed by atoms with Gasteiger partial charge < -0.3 is 10.2 Å². The molecule has 1 aromatic carbocycles. The number of likely N-dealkylation sites (tertiary alicyclic amines) is 1. The van der Waals surface area contributed by atoms with E-state index in [2.05, 4.69) is 10.3 Å². The van der Waals surface area contributed by atoms with Crippen LogP contribution in [0.15, 0.2) is 41.4 Å². The first-order chi connectivity index (χ1) is 11.7. The second-order valence-corrected chi connectivity index (χ2v) is 6.95. The third kappa shape index (κ3) is 4.47. The number of carbonyl (C=O) groups is 2. The van der Waals surface area contributed by atoms with Crippen LogP contribution in [0.2, 0.25) is 0 Å². The molecule has 126 valence electrons. The molecule has 0 aromatic heterocycles. The number of hydrogen-bond acceptors (Lipinski definition) is 4. The van der Waals surface area contributed by atoms with Gasteiger partial charge in [-0.2, -0.15) is 0 Å². The monoisotopic (exact) mass is 343 g/mol. The lowest BCUT2D eigenvalue weighted by Crippen LogP contribution is -2.43. The van der Waals surface area contributed by atoms with Crippen LogP contribution in [0, 0.1) is 5.92 Å². The van der Waals surface area contributed by atoms with Crippen LogP contribution in [0.1, 0.15) is 18.4 Å². The number of hydrogen-bond donors (Lipinski definition) is 1. The number of nitrogens with one attached hydrogen (secondary N) is 1. The molecule has 2 aliphatic rings. The van der Waals surface area contributed by atoms with Gasteiger partial charge in [0.1, 0.15) is 0 Å². The molecule has 1 N–H and O–H groups in total. The van der Waals surface area contributed by atoms with E-state index < -0.39 is 0 Å². The SMILES string of the molecule is O=C(NC1=NCCS1)C1CCN(C(=O)/C=C/c2ccccc2)CC1. The van der Waals surface area contributed by atoms with Crippen molar-refractivity contribution in [2.24, 2.45) is 10.9 Å². The Labute approximate surface area is 146 Å². The van der Waals surface area contributed by atoms with E-state index in [1.165, 1.54) is 0 Å². The third-order valence-corrected chi connectivity index (χ3v) is 5.10. The second kappa shape index (κ2) is 8.15. The molecule has 2 heterocycles. The molecule has 0 spiro atoms. The van der Waals surface area contributed by atoms with Crippen LogP contribution in [0.25, 0.3) is 6.08 Å². The number of amides is 2. The molecule has 3 rings (SSSR count).